The smallest absolute Gasteiger partial charge is 0.148 e. The quantitative estimate of drug-likeness (QED) is 0.281. The number of nitrogens with one attached hydrogen (secondary N) is 4. The molecule has 37 heavy (non-hydrogen) atoms. The summed E-state index contributed by atoms with van der Waals surface area (Å²) in [5.74, 6) is 3.66. The van der Waals surface area contributed by atoms with Crippen molar-refractivity contribution in [1.29, 1.82) is 0 Å². The lowest BCUT2D eigenvalue weighted by atomic mass is 10.1. The lowest BCUT2D eigenvalue weighted by Gasteiger charge is -2.01. The maximum Gasteiger partial charge on any atom is 0.148 e. The second-order valence-electron chi connectivity index (χ2n) is 9.31. The fourth-order valence-electron chi connectivity index (χ4n) is 5.04. The van der Waals surface area contributed by atoms with Gasteiger partial charge in [-0.25, -0.2) is 9.97 Å². The number of hydrogen-bond acceptors (Lipinski definition) is 7. The molecule has 0 atom stereocenters. The van der Waals surface area contributed by atoms with Crippen LogP contribution in [-0.4, -0.2) is 57.8 Å². The van der Waals surface area contributed by atoms with E-state index in [1.165, 1.54) is 10.1 Å². The molecule has 0 unspecified atom stereocenters. The normalized spacial score (nSPS) is 15.4. The number of rotatable bonds is 4. The summed E-state index contributed by atoms with van der Waals surface area (Å²) in [7, 11) is 0. The van der Waals surface area contributed by atoms with E-state index < -0.39 is 0 Å². The van der Waals surface area contributed by atoms with E-state index in [-0.39, 0.29) is 0 Å². The Labute approximate surface area is 215 Å². The van der Waals surface area contributed by atoms with Crippen molar-refractivity contribution in [3.05, 3.63) is 71.8 Å². The first kappa shape index (κ1) is 20.7. The highest BCUT2D eigenvalue weighted by molar-refractivity contribution is 7.22. The number of imidazole rings is 2. The molecule has 3 aromatic heterocycles. The van der Waals surface area contributed by atoms with Gasteiger partial charge in [0.15, 0.2) is 0 Å². The molecule has 180 valence electrons. The molecule has 8 rings (SSSR count). The number of hydrogen-bond donors (Lipinski definition) is 4. The van der Waals surface area contributed by atoms with Gasteiger partial charge in [0.05, 0.1) is 40.0 Å². The molecule has 9 heteroatoms. The predicted octanol–water partition coefficient (Wildman–Crippen LogP) is 4.69. The maximum absolute atomic E-state index is 4.86. The summed E-state index contributed by atoms with van der Waals surface area (Å²) < 4.78 is 1.20. The van der Waals surface area contributed by atoms with Crippen LogP contribution in [0.4, 0.5) is 0 Å². The second kappa shape index (κ2) is 8.01. The van der Waals surface area contributed by atoms with Gasteiger partial charge in [-0.1, -0.05) is 12.1 Å². The molecule has 4 N–H and O–H groups in total. The van der Waals surface area contributed by atoms with Gasteiger partial charge in [0.25, 0.3) is 0 Å². The van der Waals surface area contributed by atoms with Crippen LogP contribution in [0.2, 0.25) is 0 Å². The van der Waals surface area contributed by atoms with E-state index in [1.54, 1.807) is 11.3 Å². The lowest BCUT2D eigenvalue weighted by molar-refractivity contribution is 0.960. The Hall–Kier alpha value is -4.50. The first-order chi connectivity index (χ1) is 18.3. The molecule has 0 aliphatic carbocycles. The second-order valence-corrected chi connectivity index (χ2v) is 10.4. The van der Waals surface area contributed by atoms with Crippen molar-refractivity contribution < 1.29 is 0 Å². The molecule has 3 aromatic carbocycles. The minimum Gasteiger partial charge on any atom is -0.368 e. The SMILES string of the molecule is c1cc2nc(-c3ccc4cc(-c5nc6ccc(C7=NCCN7)cc6[nH]5)sc4c3)[nH]c2cc1C1=NCCN1. The zero-order valence-corrected chi connectivity index (χ0v) is 20.6. The number of aromatic nitrogens is 4. The highest BCUT2D eigenvalue weighted by Crippen LogP contribution is 2.35. The van der Waals surface area contributed by atoms with E-state index in [1.807, 2.05) is 0 Å². The zero-order chi connectivity index (χ0) is 24.3. The van der Waals surface area contributed by atoms with Crippen molar-refractivity contribution in [3.63, 3.8) is 0 Å². The van der Waals surface area contributed by atoms with Gasteiger partial charge in [-0.2, -0.15) is 0 Å². The maximum atomic E-state index is 4.86. The standard InChI is InChI=1S/C28H22N8S/c1-2-18(27-33-19-5-3-16(11-21(19)35-27)25-29-7-8-30-25)14-23-15(1)13-24(37-23)28-34-20-6-4-17(12-22(20)36-28)26-31-9-10-32-26/h1-6,11-14H,7-10H2,(H,29,30)(H,31,32)(H,33,35)(H,34,36). The van der Waals surface area contributed by atoms with Gasteiger partial charge in [-0.15, -0.1) is 11.3 Å². The number of benzene rings is 3. The monoisotopic (exact) mass is 502 g/mol. The van der Waals surface area contributed by atoms with Crippen LogP contribution in [0.1, 0.15) is 11.1 Å². The van der Waals surface area contributed by atoms with E-state index in [2.05, 4.69) is 91.3 Å². The molecule has 2 aliphatic heterocycles. The Balaban J connectivity index is 1.13. The number of fused-ring (bicyclic) bond motifs is 3. The molecule has 8 nitrogen and oxygen atoms in total. The third-order valence-corrected chi connectivity index (χ3v) is 7.99. The summed E-state index contributed by atoms with van der Waals surface area (Å²) in [5, 5.41) is 7.87. The summed E-state index contributed by atoms with van der Waals surface area (Å²) in [4.78, 5) is 26.9. The summed E-state index contributed by atoms with van der Waals surface area (Å²) >= 11 is 1.73. The van der Waals surface area contributed by atoms with Gasteiger partial charge in [-0.3, -0.25) is 9.98 Å². The zero-order valence-electron chi connectivity index (χ0n) is 19.8. The molecule has 0 saturated carbocycles. The highest BCUT2D eigenvalue weighted by atomic mass is 32.1. The van der Waals surface area contributed by atoms with Crippen LogP contribution in [-0.2, 0) is 0 Å². The molecule has 0 radical (unpaired) electrons. The Morgan fingerprint density at radius 1 is 0.622 bits per heavy atom. The minimum absolute atomic E-state index is 0.826. The fourth-order valence-corrected chi connectivity index (χ4v) is 6.09. The van der Waals surface area contributed by atoms with E-state index >= 15 is 0 Å². The van der Waals surface area contributed by atoms with Crippen LogP contribution < -0.4 is 10.6 Å². The van der Waals surface area contributed by atoms with Crippen molar-refractivity contribution in [1.82, 2.24) is 30.6 Å². The number of amidine groups is 2. The fraction of sp³-hybridized carbons (Fsp3) is 0.143. The third-order valence-electron chi connectivity index (χ3n) is 6.89. The molecule has 0 bridgehead atoms. The summed E-state index contributed by atoms with van der Waals surface area (Å²) in [6, 6.07) is 21.2. The van der Waals surface area contributed by atoms with Crippen LogP contribution >= 0.6 is 11.3 Å². The average molecular weight is 503 g/mol. The van der Waals surface area contributed by atoms with Crippen molar-refractivity contribution in [2.24, 2.45) is 9.98 Å². The van der Waals surface area contributed by atoms with Crippen LogP contribution in [0, 0.1) is 0 Å². The first-order valence-electron chi connectivity index (χ1n) is 12.4. The molecular formula is C28H22N8S. The average Bonchev–Trinajstić information content (AvgIpc) is 3.75. The Kier molecular flexibility index (Phi) is 4.47. The Morgan fingerprint density at radius 2 is 1.24 bits per heavy atom. The van der Waals surface area contributed by atoms with E-state index in [0.717, 1.165) is 93.1 Å². The van der Waals surface area contributed by atoms with E-state index in [0.29, 0.717) is 0 Å². The molecule has 0 amide bonds. The van der Waals surface area contributed by atoms with Crippen molar-refractivity contribution in [3.8, 4) is 22.1 Å². The van der Waals surface area contributed by atoms with Crippen molar-refractivity contribution >= 4 is 55.2 Å². The molecule has 0 spiro atoms. The number of aliphatic imine (C=N–C) groups is 2. The van der Waals surface area contributed by atoms with Gasteiger partial charge < -0.3 is 20.6 Å². The van der Waals surface area contributed by atoms with Crippen molar-refractivity contribution in [2.75, 3.05) is 26.2 Å². The molecular weight excluding hydrogens is 480 g/mol. The molecule has 6 aromatic rings. The number of thiophene rings is 1. The summed E-state index contributed by atoms with van der Waals surface area (Å²) in [6.07, 6.45) is 0. The van der Waals surface area contributed by atoms with Crippen LogP contribution in [0.5, 0.6) is 0 Å². The summed E-state index contributed by atoms with van der Waals surface area (Å²) in [5.41, 5.74) is 7.17. The highest BCUT2D eigenvalue weighted by Gasteiger charge is 2.15. The van der Waals surface area contributed by atoms with Gasteiger partial charge in [0.2, 0.25) is 0 Å². The predicted molar refractivity (Wildman–Crippen MR) is 151 cm³/mol. The molecule has 0 saturated heterocycles. The molecule has 2 aliphatic rings. The van der Waals surface area contributed by atoms with E-state index in [9.17, 15) is 0 Å². The Bertz CT molecular complexity index is 1800. The Morgan fingerprint density at radius 3 is 1.89 bits per heavy atom. The summed E-state index contributed by atoms with van der Waals surface area (Å²) in [6.45, 7) is 3.45. The van der Waals surface area contributed by atoms with E-state index in [4.69, 9.17) is 9.97 Å². The van der Waals surface area contributed by atoms with Gasteiger partial charge >= 0.3 is 0 Å². The van der Waals surface area contributed by atoms with Crippen LogP contribution in [0.3, 0.4) is 0 Å². The number of H-pyrrole nitrogens is 2. The molecule has 0 fully saturated rings. The van der Waals surface area contributed by atoms with Gasteiger partial charge in [0.1, 0.15) is 23.3 Å². The van der Waals surface area contributed by atoms with Gasteiger partial charge in [-0.05, 0) is 53.9 Å². The topological polar surface area (TPSA) is 106 Å². The number of nitrogens with zero attached hydrogens (tertiary/aromatic N) is 4. The minimum atomic E-state index is 0.826. The van der Waals surface area contributed by atoms with Crippen LogP contribution in [0.15, 0.2) is 70.6 Å². The number of aromatic amines is 2. The lowest BCUT2D eigenvalue weighted by Crippen LogP contribution is -2.19. The third kappa shape index (κ3) is 3.50. The first-order valence-corrected chi connectivity index (χ1v) is 13.2. The molecule has 5 heterocycles. The van der Waals surface area contributed by atoms with Crippen molar-refractivity contribution in [2.45, 2.75) is 0 Å². The van der Waals surface area contributed by atoms with Crippen LogP contribution in [0.25, 0.3) is 54.2 Å². The largest absolute Gasteiger partial charge is 0.368 e. The van der Waals surface area contributed by atoms with Gasteiger partial charge in [0, 0.05) is 34.5 Å².